The number of fused-ring (bicyclic) bond motifs is 1. The molecule has 0 aromatic heterocycles. The van der Waals surface area contributed by atoms with Crippen molar-refractivity contribution in [2.75, 3.05) is 0 Å². The maximum atomic E-state index is 5.87. The zero-order valence-corrected chi connectivity index (χ0v) is 12.2. The molecule has 2 aromatic rings. The van der Waals surface area contributed by atoms with Crippen molar-refractivity contribution in [1.29, 1.82) is 0 Å². The Morgan fingerprint density at radius 2 is 1.70 bits per heavy atom. The van der Waals surface area contributed by atoms with Crippen LogP contribution in [0, 0.1) is 13.8 Å². The van der Waals surface area contributed by atoms with E-state index in [0.29, 0.717) is 0 Å². The van der Waals surface area contributed by atoms with Crippen LogP contribution in [0.5, 0.6) is 0 Å². The summed E-state index contributed by atoms with van der Waals surface area (Å²) in [6.45, 7) is 4.31. The molecule has 0 spiro atoms. The van der Waals surface area contributed by atoms with E-state index in [1.165, 1.54) is 52.6 Å². The fourth-order valence-corrected chi connectivity index (χ4v) is 3.40. The van der Waals surface area contributed by atoms with Gasteiger partial charge in [-0.3, -0.25) is 5.84 Å². The molecule has 0 fully saturated rings. The lowest BCUT2D eigenvalue weighted by molar-refractivity contribution is 0.630. The third-order valence-electron chi connectivity index (χ3n) is 4.45. The van der Waals surface area contributed by atoms with Crippen molar-refractivity contribution in [1.82, 2.24) is 5.43 Å². The summed E-state index contributed by atoms with van der Waals surface area (Å²) in [4.78, 5) is 0. The standard InChI is InChI=1S/C18H22N2/c1-12-5-3-6-13(2)17(12)18(20-19)16-10-9-14-7-4-8-15(14)11-16/h3,5-6,9-11,18,20H,4,7-8,19H2,1-2H3. The molecule has 2 aromatic carbocycles. The Hall–Kier alpha value is -1.64. The molecule has 0 radical (unpaired) electrons. The van der Waals surface area contributed by atoms with Crippen LogP contribution < -0.4 is 11.3 Å². The maximum Gasteiger partial charge on any atom is 0.0715 e. The predicted molar refractivity (Wildman–Crippen MR) is 83.5 cm³/mol. The maximum absolute atomic E-state index is 5.87. The van der Waals surface area contributed by atoms with Gasteiger partial charge in [-0.2, -0.15) is 0 Å². The van der Waals surface area contributed by atoms with Crippen LogP contribution in [-0.4, -0.2) is 0 Å². The summed E-state index contributed by atoms with van der Waals surface area (Å²) in [5, 5.41) is 0. The second-order valence-electron chi connectivity index (χ2n) is 5.79. The van der Waals surface area contributed by atoms with E-state index in [-0.39, 0.29) is 6.04 Å². The van der Waals surface area contributed by atoms with Crippen LogP contribution in [0.25, 0.3) is 0 Å². The Balaban J connectivity index is 2.06. The molecule has 1 aliphatic carbocycles. The second kappa shape index (κ2) is 5.39. The van der Waals surface area contributed by atoms with E-state index in [0.717, 1.165) is 0 Å². The molecule has 3 rings (SSSR count). The van der Waals surface area contributed by atoms with Gasteiger partial charge < -0.3 is 0 Å². The molecule has 2 nitrogen and oxygen atoms in total. The molecule has 0 amide bonds. The SMILES string of the molecule is Cc1cccc(C)c1C(NN)c1ccc2c(c1)CCC2. The normalized spacial score (nSPS) is 15.2. The molecule has 0 aliphatic heterocycles. The number of benzene rings is 2. The minimum atomic E-state index is 0.0714. The van der Waals surface area contributed by atoms with Crippen LogP contribution >= 0.6 is 0 Å². The molecule has 3 N–H and O–H groups in total. The zero-order chi connectivity index (χ0) is 14.1. The van der Waals surface area contributed by atoms with Gasteiger partial charge in [-0.25, -0.2) is 5.43 Å². The molecule has 20 heavy (non-hydrogen) atoms. The molecule has 1 atom stereocenters. The molecule has 1 aliphatic rings. The highest BCUT2D eigenvalue weighted by Crippen LogP contribution is 2.30. The molecule has 2 heteroatoms. The Kier molecular flexibility index (Phi) is 3.60. The topological polar surface area (TPSA) is 38.0 Å². The van der Waals surface area contributed by atoms with Gasteiger partial charge in [0, 0.05) is 0 Å². The number of hydrogen-bond donors (Lipinski definition) is 2. The molecule has 0 saturated carbocycles. The largest absolute Gasteiger partial charge is 0.271 e. The molecule has 0 saturated heterocycles. The van der Waals surface area contributed by atoms with Crippen LogP contribution in [0.4, 0.5) is 0 Å². The molecule has 0 heterocycles. The Morgan fingerprint density at radius 1 is 1.00 bits per heavy atom. The first kappa shape index (κ1) is 13.3. The van der Waals surface area contributed by atoms with Gasteiger partial charge in [0.15, 0.2) is 0 Å². The summed E-state index contributed by atoms with van der Waals surface area (Å²) in [6, 6.07) is 13.3. The number of nitrogens with two attached hydrogens (primary N) is 1. The van der Waals surface area contributed by atoms with Crippen molar-refractivity contribution in [2.45, 2.75) is 39.2 Å². The number of nitrogens with one attached hydrogen (secondary N) is 1. The summed E-state index contributed by atoms with van der Waals surface area (Å²) in [5.41, 5.74) is 11.1. The quantitative estimate of drug-likeness (QED) is 0.660. The predicted octanol–water partition coefficient (Wildman–Crippen LogP) is 3.34. The fourth-order valence-electron chi connectivity index (χ4n) is 3.40. The van der Waals surface area contributed by atoms with Crippen molar-refractivity contribution >= 4 is 0 Å². The van der Waals surface area contributed by atoms with Crippen LogP contribution in [-0.2, 0) is 12.8 Å². The summed E-state index contributed by atoms with van der Waals surface area (Å²) >= 11 is 0. The van der Waals surface area contributed by atoms with Crippen LogP contribution in [0.15, 0.2) is 36.4 Å². The van der Waals surface area contributed by atoms with Gasteiger partial charge in [0.1, 0.15) is 0 Å². The fraction of sp³-hybridized carbons (Fsp3) is 0.333. The van der Waals surface area contributed by atoms with Gasteiger partial charge in [-0.15, -0.1) is 0 Å². The van der Waals surface area contributed by atoms with Crippen molar-refractivity contribution in [3.8, 4) is 0 Å². The third kappa shape index (κ3) is 2.26. The number of hydrazine groups is 1. The Bertz CT molecular complexity index is 611. The summed E-state index contributed by atoms with van der Waals surface area (Å²) in [6.07, 6.45) is 3.70. The minimum absolute atomic E-state index is 0.0714. The lowest BCUT2D eigenvalue weighted by atomic mass is 9.90. The average Bonchev–Trinajstić information content (AvgIpc) is 2.90. The van der Waals surface area contributed by atoms with E-state index >= 15 is 0 Å². The number of rotatable bonds is 3. The van der Waals surface area contributed by atoms with E-state index in [1.54, 1.807) is 0 Å². The van der Waals surface area contributed by atoms with Gasteiger partial charge in [-0.1, -0.05) is 36.4 Å². The van der Waals surface area contributed by atoms with Crippen LogP contribution in [0.3, 0.4) is 0 Å². The molecule has 0 bridgehead atoms. The van der Waals surface area contributed by atoms with Crippen molar-refractivity contribution in [3.63, 3.8) is 0 Å². The van der Waals surface area contributed by atoms with E-state index in [9.17, 15) is 0 Å². The lowest BCUT2D eigenvalue weighted by Crippen LogP contribution is -2.30. The van der Waals surface area contributed by atoms with Gasteiger partial charge in [-0.05, 0) is 66.5 Å². The van der Waals surface area contributed by atoms with Gasteiger partial charge in [0.05, 0.1) is 6.04 Å². The van der Waals surface area contributed by atoms with E-state index < -0.39 is 0 Å². The molecular formula is C18H22N2. The second-order valence-corrected chi connectivity index (χ2v) is 5.79. The average molecular weight is 266 g/mol. The first-order chi connectivity index (χ1) is 9.70. The smallest absolute Gasteiger partial charge is 0.0715 e. The van der Waals surface area contributed by atoms with E-state index in [4.69, 9.17) is 5.84 Å². The highest BCUT2D eigenvalue weighted by atomic mass is 15.2. The summed E-state index contributed by atoms with van der Waals surface area (Å²) in [5.74, 6) is 5.87. The summed E-state index contributed by atoms with van der Waals surface area (Å²) in [7, 11) is 0. The van der Waals surface area contributed by atoms with Gasteiger partial charge >= 0.3 is 0 Å². The van der Waals surface area contributed by atoms with Crippen LogP contribution in [0.2, 0.25) is 0 Å². The van der Waals surface area contributed by atoms with Gasteiger partial charge in [0.25, 0.3) is 0 Å². The first-order valence-corrected chi connectivity index (χ1v) is 7.34. The first-order valence-electron chi connectivity index (χ1n) is 7.34. The Morgan fingerprint density at radius 3 is 2.40 bits per heavy atom. The van der Waals surface area contributed by atoms with Crippen molar-refractivity contribution in [2.24, 2.45) is 5.84 Å². The van der Waals surface area contributed by atoms with Gasteiger partial charge in [0.2, 0.25) is 0 Å². The molecule has 104 valence electrons. The van der Waals surface area contributed by atoms with E-state index in [1.807, 2.05) is 0 Å². The zero-order valence-electron chi connectivity index (χ0n) is 12.2. The number of aryl methyl sites for hydroxylation is 4. The summed E-state index contributed by atoms with van der Waals surface area (Å²) < 4.78 is 0. The van der Waals surface area contributed by atoms with Crippen LogP contribution in [0.1, 0.15) is 45.8 Å². The highest BCUT2D eigenvalue weighted by Gasteiger charge is 2.19. The highest BCUT2D eigenvalue weighted by molar-refractivity contribution is 5.44. The minimum Gasteiger partial charge on any atom is -0.271 e. The monoisotopic (exact) mass is 266 g/mol. The lowest BCUT2D eigenvalue weighted by Gasteiger charge is -2.22. The van der Waals surface area contributed by atoms with Crippen molar-refractivity contribution in [3.05, 3.63) is 69.8 Å². The molecular weight excluding hydrogens is 244 g/mol. The molecule has 1 unspecified atom stereocenters. The van der Waals surface area contributed by atoms with Crippen molar-refractivity contribution < 1.29 is 0 Å². The van der Waals surface area contributed by atoms with E-state index in [2.05, 4.69) is 55.7 Å². The third-order valence-corrected chi connectivity index (χ3v) is 4.45. The Labute approximate surface area is 121 Å². The number of hydrogen-bond acceptors (Lipinski definition) is 2.